The van der Waals surface area contributed by atoms with Crippen LogP contribution in [0, 0.1) is 6.61 Å². The van der Waals surface area contributed by atoms with Gasteiger partial charge in [0.1, 0.15) is 6.61 Å². The molecule has 0 bridgehead atoms. The molecular weight excluding hydrogens is 80.0 g/mol. The number of aliphatic hydroxyl groups excluding tert-OH is 1. The van der Waals surface area contributed by atoms with Gasteiger partial charge in [-0.2, -0.15) is 0 Å². The van der Waals surface area contributed by atoms with Gasteiger partial charge in [0, 0.05) is 0 Å². The zero-order valence-electron chi connectivity index (χ0n) is 3.97. The molecular formula is C4H9O2. The fourth-order valence-electron chi connectivity index (χ4n) is 0. The Hall–Kier alpha value is -0.0800. The van der Waals surface area contributed by atoms with Crippen LogP contribution in [-0.2, 0) is 0 Å². The predicted molar refractivity (Wildman–Crippen MR) is 22.5 cm³/mol. The Morgan fingerprint density at radius 2 is 1.67 bits per heavy atom. The maximum absolute atomic E-state index is 8.52. The van der Waals surface area contributed by atoms with Gasteiger partial charge in [-0.05, 0) is 13.8 Å². The number of hydrogen-bond donors (Lipinski definition) is 2. The highest BCUT2D eigenvalue weighted by atomic mass is 16.3. The average molecular weight is 89.1 g/mol. The van der Waals surface area contributed by atoms with E-state index in [1.165, 1.54) is 13.8 Å². The molecule has 2 heteroatoms. The lowest BCUT2D eigenvalue weighted by Crippen LogP contribution is -2.17. The normalized spacial score (nSPS) is 12.0. The fourth-order valence-corrected chi connectivity index (χ4v) is 0. The van der Waals surface area contributed by atoms with E-state index in [9.17, 15) is 0 Å². The summed E-state index contributed by atoms with van der Waals surface area (Å²) in [6.07, 6.45) is 0. The summed E-state index contributed by atoms with van der Waals surface area (Å²) in [6, 6.07) is 0. The van der Waals surface area contributed by atoms with E-state index in [0.29, 0.717) is 0 Å². The summed E-state index contributed by atoms with van der Waals surface area (Å²) in [5.74, 6) is 0. The molecule has 0 saturated heterocycles. The van der Waals surface area contributed by atoms with E-state index in [-0.39, 0.29) is 0 Å². The second kappa shape index (κ2) is 1.58. The zero-order valence-corrected chi connectivity index (χ0v) is 3.97. The maximum Gasteiger partial charge on any atom is 0.111 e. The van der Waals surface area contributed by atoms with E-state index in [0.717, 1.165) is 6.61 Å². The molecule has 37 valence electrons. The van der Waals surface area contributed by atoms with Crippen molar-refractivity contribution in [1.29, 1.82) is 0 Å². The van der Waals surface area contributed by atoms with Gasteiger partial charge in [-0.15, -0.1) is 0 Å². The van der Waals surface area contributed by atoms with E-state index in [1.807, 2.05) is 0 Å². The molecule has 0 aromatic carbocycles. The molecule has 0 fully saturated rings. The van der Waals surface area contributed by atoms with Crippen LogP contribution in [0.2, 0.25) is 0 Å². The second-order valence-electron chi connectivity index (χ2n) is 1.78. The van der Waals surface area contributed by atoms with Crippen molar-refractivity contribution in [2.75, 3.05) is 0 Å². The van der Waals surface area contributed by atoms with Crippen LogP contribution >= 0.6 is 0 Å². The minimum Gasteiger partial charge on any atom is -0.388 e. The van der Waals surface area contributed by atoms with Crippen molar-refractivity contribution < 1.29 is 10.2 Å². The average Bonchev–Trinajstić information content (AvgIpc) is 1.35. The molecule has 6 heavy (non-hydrogen) atoms. The van der Waals surface area contributed by atoms with E-state index in [1.54, 1.807) is 0 Å². The summed E-state index contributed by atoms with van der Waals surface area (Å²) >= 11 is 0. The Kier molecular flexibility index (Phi) is 1.56. The van der Waals surface area contributed by atoms with Gasteiger partial charge in [-0.25, -0.2) is 0 Å². The predicted octanol–water partition coefficient (Wildman–Crippen LogP) is 0.292. The Morgan fingerprint density at radius 3 is 1.67 bits per heavy atom. The molecule has 0 unspecified atom stereocenters. The van der Waals surface area contributed by atoms with Crippen LogP contribution in [0.25, 0.3) is 0 Å². The van der Waals surface area contributed by atoms with Gasteiger partial charge < -0.3 is 10.2 Å². The van der Waals surface area contributed by atoms with Crippen LogP contribution in [0.3, 0.4) is 0 Å². The first-order chi connectivity index (χ1) is 2.56. The van der Waals surface area contributed by atoms with Gasteiger partial charge in [-0.3, -0.25) is 0 Å². The van der Waals surface area contributed by atoms with Gasteiger partial charge in [-0.1, -0.05) is 0 Å². The molecule has 0 aromatic rings. The third-order valence-corrected chi connectivity index (χ3v) is 0.316. The molecule has 0 aliphatic rings. The highest BCUT2D eigenvalue weighted by molar-refractivity contribution is 4.72. The van der Waals surface area contributed by atoms with Crippen LogP contribution in [0.4, 0.5) is 0 Å². The van der Waals surface area contributed by atoms with Gasteiger partial charge in [0.05, 0.1) is 5.60 Å². The molecule has 0 heterocycles. The highest BCUT2D eigenvalue weighted by Crippen LogP contribution is 2.00. The molecule has 0 saturated carbocycles. The first-order valence-corrected chi connectivity index (χ1v) is 1.77. The molecule has 0 amide bonds. The van der Waals surface area contributed by atoms with Crippen LogP contribution in [0.5, 0.6) is 0 Å². The smallest absolute Gasteiger partial charge is 0.111 e. The van der Waals surface area contributed by atoms with Crippen molar-refractivity contribution >= 4 is 0 Å². The SMILES string of the molecule is CC(C)(O)[CH]O. The summed E-state index contributed by atoms with van der Waals surface area (Å²) in [7, 11) is 0. The molecule has 0 spiro atoms. The molecule has 0 aliphatic carbocycles. The van der Waals surface area contributed by atoms with Gasteiger partial charge in [0.15, 0.2) is 0 Å². The fraction of sp³-hybridized carbons (Fsp3) is 0.750. The minimum absolute atomic E-state index is 0.743. The minimum atomic E-state index is -1.03. The molecule has 2 N–H and O–H groups in total. The number of aliphatic hydroxyl groups is 2. The van der Waals surface area contributed by atoms with Crippen LogP contribution in [0.1, 0.15) is 13.8 Å². The topological polar surface area (TPSA) is 40.5 Å². The Morgan fingerprint density at radius 1 is 1.50 bits per heavy atom. The lowest BCUT2D eigenvalue weighted by molar-refractivity contribution is 0.0633. The van der Waals surface area contributed by atoms with E-state index < -0.39 is 5.60 Å². The molecule has 0 rings (SSSR count). The quantitative estimate of drug-likeness (QED) is 0.484. The zero-order chi connectivity index (χ0) is 5.21. The Labute approximate surface area is 37.4 Å². The van der Waals surface area contributed by atoms with Gasteiger partial charge in [0.2, 0.25) is 0 Å². The van der Waals surface area contributed by atoms with Crippen molar-refractivity contribution in [2.24, 2.45) is 0 Å². The van der Waals surface area contributed by atoms with Crippen LogP contribution in [0.15, 0.2) is 0 Å². The van der Waals surface area contributed by atoms with E-state index in [2.05, 4.69) is 0 Å². The molecule has 2 nitrogen and oxygen atoms in total. The van der Waals surface area contributed by atoms with E-state index in [4.69, 9.17) is 10.2 Å². The number of rotatable bonds is 1. The van der Waals surface area contributed by atoms with Crippen molar-refractivity contribution in [3.8, 4) is 0 Å². The van der Waals surface area contributed by atoms with Crippen LogP contribution in [-0.4, -0.2) is 15.8 Å². The molecule has 0 aliphatic heterocycles. The molecule has 0 aromatic heterocycles. The van der Waals surface area contributed by atoms with Crippen molar-refractivity contribution in [2.45, 2.75) is 19.4 Å². The lowest BCUT2D eigenvalue weighted by Gasteiger charge is -2.09. The van der Waals surface area contributed by atoms with Crippen molar-refractivity contribution in [3.05, 3.63) is 6.61 Å². The Balaban J connectivity index is 3.17. The van der Waals surface area contributed by atoms with Gasteiger partial charge >= 0.3 is 0 Å². The molecule has 1 radical (unpaired) electrons. The highest BCUT2D eigenvalue weighted by Gasteiger charge is 2.08. The van der Waals surface area contributed by atoms with E-state index >= 15 is 0 Å². The third-order valence-electron chi connectivity index (χ3n) is 0.316. The van der Waals surface area contributed by atoms with Crippen molar-refractivity contribution in [3.63, 3.8) is 0 Å². The monoisotopic (exact) mass is 89.1 g/mol. The first kappa shape index (κ1) is 5.92. The first-order valence-electron chi connectivity index (χ1n) is 1.77. The number of hydrogen-bond acceptors (Lipinski definition) is 2. The second-order valence-corrected chi connectivity index (χ2v) is 1.78. The summed E-state index contributed by atoms with van der Waals surface area (Å²) in [6.45, 7) is 3.73. The van der Waals surface area contributed by atoms with Crippen molar-refractivity contribution in [1.82, 2.24) is 0 Å². The summed E-state index contributed by atoms with van der Waals surface area (Å²) in [5, 5.41) is 16.5. The Bertz CT molecular complexity index is 35.3. The summed E-state index contributed by atoms with van der Waals surface area (Å²) in [5.41, 5.74) is -1.03. The summed E-state index contributed by atoms with van der Waals surface area (Å²) < 4.78 is 0. The largest absolute Gasteiger partial charge is 0.388 e. The van der Waals surface area contributed by atoms with Crippen LogP contribution < -0.4 is 0 Å². The summed E-state index contributed by atoms with van der Waals surface area (Å²) in [4.78, 5) is 0. The molecule has 0 atom stereocenters. The lowest BCUT2D eigenvalue weighted by atomic mass is 10.2. The maximum atomic E-state index is 8.52. The standard InChI is InChI=1S/C4H9O2/c1-4(2,6)3-5/h3,5-6H,1-2H3. The van der Waals surface area contributed by atoms with Gasteiger partial charge in [0.25, 0.3) is 0 Å². The third kappa shape index (κ3) is 3.92.